The lowest BCUT2D eigenvalue weighted by molar-refractivity contribution is 0.0947. The third-order valence-electron chi connectivity index (χ3n) is 5.35. The van der Waals surface area contributed by atoms with Gasteiger partial charge in [0.2, 0.25) is 0 Å². The summed E-state index contributed by atoms with van der Waals surface area (Å²) in [5.74, 6) is 0.610. The topological polar surface area (TPSA) is 35.6 Å². The minimum atomic E-state index is 0.0353. The minimum Gasteiger partial charge on any atom is -0.363 e. The molecule has 2 aliphatic rings. The molecule has 4 rings (SSSR count). The summed E-state index contributed by atoms with van der Waals surface area (Å²) in [5.41, 5.74) is 4.62. The van der Waals surface area contributed by atoms with E-state index in [9.17, 15) is 4.79 Å². The second kappa shape index (κ2) is 6.89. The van der Waals surface area contributed by atoms with Crippen LogP contribution in [0.2, 0.25) is 0 Å². The van der Waals surface area contributed by atoms with Gasteiger partial charge >= 0.3 is 0 Å². The number of carbonyl (C=O) groups is 1. The summed E-state index contributed by atoms with van der Waals surface area (Å²) in [5, 5.41) is 3.11. The van der Waals surface area contributed by atoms with Crippen molar-refractivity contribution in [2.24, 2.45) is 5.92 Å². The predicted octanol–water partition coefficient (Wildman–Crippen LogP) is 2.89. The molecule has 25 heavy (non-hydrogen) atoms. The molecular formula is C21H25N3O. The SMILES string of the molecule is CN1CC[C@H](CNC(=O)c2cccc(N3Cc4ccccc4C3)c2)C1. The fourth-order valence-corrected chi connectivity index (χ4v) is 3.89. The van der Waals surface area contributed by atoms with Crippen LogP contribution in [0.1, 0.15) is 27.9 Å². The zero-order valence-electron chi connectivity index (χ0n) is 14.7. The van der Waals surface area contributed by atoms with Crippen molar-refractivity contribution in [3.8, 4) is 0 Å². The van der Waals surface area contributed by atoms with Crippen LogP contribution >= 0.6 is 0 Å². The first-order valence-corrected chi connectivity index (χ1v) is 9.07. The highest BCUT2D eigenvalue weighted by molar-refractivity contribution is 5.95. The Morgan fingerprint density at radius 2 is 1.88 bits per heavy atom. The molecule has 1 atom stereocenters. The second-order valence-corrected chi connectivity index (χ2v) is 7.30. The van der Waals surface area contributed by atoms with E-state index in [-0.39, 0.29) is 5.91 Å². The van der Waals surface area contributed by atoms with E-state index in [1.807, 2.05) is 18.2 Å². The zero-order valence-corrected chi connectivity index (χ0v) is 14.7. The molecule has 2 aromatic rings. The number of nitrogens with zero attached hydrogens (tertiary/aromatic N) is 2. The van der Waals surface area contributed by atoms with E-state index in [4.69, 9.17) is 0 Å². The van der Waals surface area contributed by atoms with Crippen LogP contribution in [0.4, 0.5) is 5.69 Å². The Bertz CT molecular complexity index is 748. The first-order valence-electron chi connectivity index (χ1n) is 9.07. The number of hydrogen-bond acceptors (Lipinski definition) is 3. The third kappa shape index (κ3) is 3.54. The van der Waals surface area contributed by atoms with Crippen LogP contribution in [0.15, 0.2) is 48.5 Å². The number of amides is 1. The summed E-state index contributed by atoms with van der Waals surface area (Å²) in [7, 11) is 2.14. The highest BCUT2D eigenvalue weighted by atomic mass is 16.1. The lowest BCUT2D eigenvalue weighted by Crippen LogP contribution is -2.30. The molecule has 2 heterocycles. The summed E-state index contributed by atoms with van der Waals surface area (Å²) in [6.45, 7) is 4.80. The minimum absolute atomic E-state index is 0.0353. The standard InChI is InChI=1S/C21H25N3O/c1-23-10-9-16(13-23)12-22-21(25)17-7-4-8-20(11-17)24-14-18-5-2-3-6-19(18)15-24/h2-8,11,16H,9-10,12-15H2,1H3,(H,22,25)/t16-/m1/s1. The Labute approximate surface area is 149 Å². The number of rotatable bonds is 4. The Morgan fingerprint density at radius 3 is 2.56 bits per heavy atom. The second-order valence-electron chi connectivity index (χ2n) is 7.30. The van der Waals surface area contributed by atoms with Gasteiger partial charge in [0.05, 0.1) is 0 Å². The molecule has 1 fully saturated rings. The van der Waals surface area contributed by atoms with E-state index < -0.39 is 0 Å². The molecule has 1 N–H and O–H groups in total. The van der Waals surface area contributed by atoms with Gasteiger partial charge in [-0.25, -0.2) is 0 Å². The van der Waals surface area contributed by atoms with Crippen LogP contribution in [0, 0.1) is 5.92 Å². The van der Waals surface area contributed by atoms with Gasteiger partial charge in [0.1, 0.15) is 0 Å². The molecular weight excluding hydrogens is 310 g/mol. The third-order valence-corrected chi connectivity index (χ3v) is 5.35. The first-order chi connectivity index (χ1) is 12.2. The monoisotopic (exact) mass is 335 g/mol. The number of anilines is 1. The fourth-order valence-electron chi connectivity index (χ4n) is 3.89. The lowest BCUT2D eigenvalue weighted by Gasteiger charge is -2.19. The number of fused-ring (bicyclic) bond motifs is 1. The molecule has 0 unspecified atom stereocenters. The average molecular weight is 335 g/mol. The maximum absolute atomic E-state index is 12.5. The van der Waals surface area contributed by atoms with E-state index >= 15 is 0 Å². The van der Waals surface area contributed by atoms with E-state index in [1.165, 1.54) is 17.5 Å². The van der Waals surface area contributed by atoms with Crippen molar-refractivity contribution in [2.75, 3.05) is 31.6 Å². The van der Waals surface area contributed by atoms with Crippen LogP contribution in [0.3, 0.4) is 0 Å². The van der Waals surface area contributed by atoms with Crippen molar-refractivity contribution in [3.63, 3.8) is 0 Å². The normalized spacial score (nSPS) is 19.9. The maximum atomic E-state index is 12.5. The molecule has 0 radical (unpaired) electrons. The number of hydrogen-bond donors (Lipinski definition) is 1. The van der Waals surface area contributed by atoms with Gasteiger partial charge in [-0.15, -0.1) is 0 Å². The van der Waals surface area contributed by atoms with Gasteiger partial charge in [-0.2, -0.15) is 0 Å². The Hall–Kier alpha value is -2.33. The lowest BCUT2D eigenvalue weighted by atomic mass is 10.1. The van der Waals surface area contributed by atoms with Gasteiger partial charge in [0.15, 0.2) is 0 Å². The van der Waals surface area contributed by atoms with Crippen LogP contribution in [0.25, 0.3) is 0 Å². The van der Waals surface area contributed by atoms with Crippen molar-refractivity contribution in [3.05, 3.63) is 65.2 Å². The summed E-state index contributed by atoms with van der Waals surface area (Å²) >= 11 is 0. The zero-order chi connectivity index (χ0) is 17.2. The molecule has 0 saturated carbocycles. The van der Waals surface area contributed by atoms with E-state index in [0.29, 0.717) is 5.92 Å². The van der Waals surface area contributed by atoms with E-state index in [1.54, 1.807) is 0 Å². The largest absolute Gasteiger partial charge is 0.363 e. The van der Waals surface area contributed by atoms with Gasteiger partial charge in [-0.05, 0) is 55.3 Å². The highest BCUT2D eigenvalue weighted by Crippen LogP contribution is 2.28. The molecule has 1 amide bonds. The first kappa shape index (κ1) is 16.2. The van der Waals surface area contributed by atoms with Gasteiger partial charge in [0.25, 0.3) is 5.91 Å². The molecule has 0 bridgehead atoms. The van der Waals surface area contributed by atoms with Crippen molar-refractivity contribution in [1.29, 1.82) is 0 Å². The average Bonchev–Trinajstić information content (AvgIpc) is 3.25. The molecule has 0 aliphatic carbocycles. The summed E-state index contributed by atoms with van der Waals surface area (Å²) < 4.78 is 0. The summed E-state index contributed by atoms with van der Waals surface area (Å²) in [6, 6.07) is 16.5. The molecule has 2 aromatic carbocycles. The summed E-state index contributed by atoms with van der Waals surface area (Å²) in [4.78, 5) is 17.2. The van der Waals surface area contributed by atoms with E-state index in [0.717, 1.165) is 44.0 Å². The number of nitrogens with one attached hydrogen (secondary N) is 1. The van der Waals surface area contributed by atoms with Crippen LogP contribution in [0.5, 0.6) is 0 Å². The van der Waals surface area contributed by atoms with Crippen LogP contribution in [-0.4, -0.2) is 37.5 Å². The highest BCUT2D eigenvalue weighted by Gasteiger charge is 2.21. The van der Waals surface area contributed by atoms with Gasteiger partial charge in [-0.3, -0.25) is 4.79 Å². The van der Waals surface area contributed by atoms with Gasteiger partial charge in [-0.1, -0.05) is 30.3 Å². The Morgan fingerprint density at radius 1 is 1.12 bits per heavy atom. The number of benzene rings is 2. The van der Waals surface area contributed by atoms with Crippen LogP contribution < -0.4 is 10.2 Å². The maximum Gasteiger partial charge on any atom is 0.251 e. The van der Waals surface area contributed by atoms with Crippen molar-refractivity contribution in [1.82, 2.24) is 10.2 Å². The number of carbonyl (C=O) groups excluding carboxylic acids is 1. The van der Waals surface area contributed by atoms with Gasteiger partial charge < -0.3 is 15.1 Å². The van der Waals surface area contributed by atoms with Crippen LogP contribution in [-0.2, 0) is 13.1 Å². The summed E-state index contributed by atoms with van der Waals surface area (Å²) in [6.07, 6.45) is 1.17. The van der Waals surface area contributed by atoms with E-state index in [2.05, 4.69) is 52.5 Å². The molecule has 130 valence electrons. The predicted molar refractivity (Wildman–Crippen MR) is 101 cm³/mol. The van der Waals surface area contributed by atoms with Crippen molar-refractivity contribution in [2.45, 2.75) is 19.5 Å². The quantitative estimate of drug-likeness (QED) is 0.933. The van der Waals surface area contributed by atoms with Crippen molar-refractivity contribution >= 4 is 11.6 Å². The smallest absolute Gasteiger partial charge is 0.251 e. The van der Waals surface area contributed by atoms with Crippen molar-refractivity contribution < 1.29 is 4.79 Å². The molecule has 4 nitrogen and oxygen atoms in total. The van der Waals surface area contributed by atoms with Gasteiger partial charge in [0, 0.05) is 37.4 Å². The molecule has 4 heteroatoms. The molecule has 1 saturated heterocycles. The molecule has 2 aliphatic heterocycles. The number of likely N-dealkylation sites (tertiary alicyclic amines) is 1. The Kier molecular flexibility index (Phi) is 4.45. The fraction of sp³-hybridized carbons (Fsp3) is 0.381. The Balaban J connectivity index is 1.40. The molecule has 0 aromatic heterocycles. The molecule has 0 spiro atoms.